The summed E-state index contributed by atoms with van der Waals surface area (Å²) in [6.45, 7) is 1.59. The van der Waals surface area contributed by atoms with Gasteiger partial charge in [0.15, 0.2) is 0 Å². The predicted octanol–water partition coefficient (Wildman–Crippen LogP) is 1.78. The second-order valence-corrected chi connectivity index (χ2v) is 4.11. The molecule has 4 heteroatoms. The third-order valence-electron chi connectivity index (χ3n) is 2.70. The third kappa shape index (κ3) is 2.29. The molecule has 3 nitrogen and oxygen atoms in total. The summed E-state index contributed by atoms with van der Waals surface area (Å²) in [5.41, 5.74) is 0.660. The number of carbonyl (C=O) groups is 1. The van der Waals surface area contributed by atoms with E-state index < -0.39 is 0 Å². The van der Waals surface area contributed by atoms with Gasteiger partial charge < -0.3 is 4.90 Å². The average molecular weight is 225 g/mol. The Balaban J connectivity index is 2.04. The van der Waals surface area contributed by atoms with Gasteiger partial charge in [0.1, 0.15) is 0 Å². The van der Waals surface area contributed by atoms with E-state index in [1.165, 1.54) is 0 Å². The fourth-order valence-corrected chi connectivity index (χ4v) is 2.07. The molecule has 1 atom stereocenters. The molecule has 1 aromatic rings. The fraction of sp³-hybridized carbons (Fsp3) is 0.455. The first-order chi connectivity index (χ1) is 7.31. The predicted molar refractivity (Wildman–Crippen MR) is 59.0 cm³/mol. The van der Waals surface area contributed by atoms with Gasteiger partial charge in [0.05, 0.1) is 5.56 Å². The van der Waals surface area contributed by atoms with E-state index in [-0.39, 0.29) is 5.91 Å². The van der Waals surface area contributed by atoms with Crippen molar-refractivity contribution < 1.29 is 4.79 Å². The Hall–Kier alpha value is -1.09. The number of amides is 1. The van der Waals surface area contributed by atoms with E-state index in [0.29, 0.717) is 17.4 Å². The quantitative estimate of drug-likeness (QED) is 0.718. The van der Waals surface area contributed by atoms with Crippen molar-refractivity contribution in [2.45, 2.75) is 6.42 Å². The Morgan fingerprint density at radius 1 is 1.67 bits per heavy atom. The van der Waals surface area contributed by atoms with Gasteiger partial charge in [-0.1, -0.05) is 0 Å². The molecule has 0 spiro atoms. The lowest BCUT2D eigenvalue weighted by Gasteiger charge is -2.15. The lowest BCUT2D eigenvalue weighted by Crippen LogP contribution is -2.28. The molecule has 80 valence electrons. The third-order valence-corrected chi connectivity index (χ3v) is 3.14. The zero-order chi connectivity index (χ0) is 10.7. The van der Waals surface area contributed by atoms with E-state index in [2.05, 4.69) is 4.98 Å². The maximum Gasteiger partial charge on any atom is 0.255 e. The van der Waals surface area contributed by atoms with E-state index in [1.54, 1.807) is 24.5 Å². The summed E-state index contributed by atoms with van der Waals surface area (Å²) in [5, 5.41) is 0. The van der Waals surface area contributed by atoms with Gasteiger partial charge in [0.2, 0.25) is 0 Å². The minimum atomic E-state index is 0.0655. The average Bonchev–Trinajstić information content (AvgIpc) is 2.78. The molecular formula is C11H13ClN2O. The van der Waals surface area contributed by atoms with E-state index in [1.807, 2.05) is 4.90 Å². The Labute approximate surface area is 94.1 Å². The maximum absolute atomic E-state index is 12.0. The van der Waals surface area contributed by atoms with Gasteiger partial charge in [-0.2, -0.15) is 0 Å². The molecular weight excluding hydrogens is 212 g/mol. The van der Waals surface area contributed by atoms with Crippen LogP contribution in [0.2, 0.25) is 0 Å². The standard InChI is InChI=1S/C11H13ClN2O/c12-6-9-3-5-14(8-9)11(15)10-2-1-4-13-7-10/h1-2,4,7,9H,3,5-6,8H2. The number of aromatic nitrogens is 1. The first kappa shape index (κ1) is 10.4. The van der Waals surface area contributed by atoms with Crippen molar-refractivity contribution in [3.05, 3.63) is 30.1 Å². The Kier molecular flexibility index (Phi) is 3.21. The molecule has 1 aliphatic heterocycles. The van der Waals surface area contributed by atoms with Crippen LogP contribution in [-0.4, -0.2) is 34.8 Å². The largest absolute Gasteiger partial charge is 0.338 e. The Morgan fingerprint density at radius 3 is 3.13 bits per heavy atom. The van der Waals surface area contributed by atoms with Crippen LogP contribution < -0.4 is 0 Å². The molecule has 0 aliphatic carbocycles. The summed E-state index contributed by atoms with van der Waals surface area (Å²) in [6.07, 6.45) is 4.29. The summed E-state index contributed by atoms with van der Waals surface area (Å²) >= 11 is 5.77. The van der Waals surface area contributed by atoms with Crippen LogP contribution in [-0.2, 0) is 0 Å². The van der Waals surface area contributed by atoms with Gasteiger partial charge in [-0.3, -0.25) is 9.78 Å². The van der Waals surface area contributed by atoms with Crippen LogP contribution in [0.15, 0.2) is 24.5 Å². The normalized spacial score (nSPS) is 20.6. The highest BCUT2D eigenvalue weighted by Gasteiger charge is 2.26. The van der Waals surface area contributed by atoms with Crippen molar-refractivity contribution >= 4 is 17.5 Å². The van der Waals surface area contributed by atoms with E-state index >= 15 is 0 Å². The van der Waals surface area contributed by atoms with Gasteiger partial charge in [0.25, 0.3) is 5.91 Å². The van der Waals surface area contributed by atoms with Crippen molar-refractivity contribution in [3.63, 3.8) is 0 Å². The molecule has 0 radical (unpaired) electrons. The van der Waals surface area contributed by atoms with E-state index in [0.717, 1.165) is 19.5 Å². The number of hydrogen-bond donors (Lipinski definition) is 0. The molecule has 0 bridgehead atoms. The zero-order valence-corrected chi connectivity index (χ0v) is 9.15. The minimum Gasteiger partial charge on any atom is -0.338 e. The van der Waals surface area contributed by atoms with Gasteiger partial charge in [-0.05, 0) is 24.5 Å². The monoisotopic (exact) mass is 224 g/mol. The first-order valence-corrected chi connectivity index (χ1v) is 5.60. The molecule has 2 rings (SSSR count). The summed E-state index contributed by atoms with van der Waals surface area (Å²) in [4.78, 5) is 17.7. The number of pyridine rings is 1. The molecule has 0 aromatic carbocycles. The molecule has 1 unspecified atom stereocenters. The van der Waals surface area contributed by atoms with E-state index in [9.17, 15) is 4.79 Å². The summed E-state index contributed by atoms with van der Waals surface area (Å²) in [6, 6.07) is 3.58. The van der Waals surface area contributed by atoms with Crippen molar-refractivity contribution in [1.82, 2.24) is 9.88 Å². The number of carbonyl (C=O) groups excluding carboxylic acids is 1. The minimum absolute atomic E-state index is 0.0655. The topological polar surface area (TPSA) is 33.2 Å². The van der Waals surface area contributed by atoms with Crippen LogP contribution in [0, 0.1) is 5.92 Å². The number of hydrogen-bond acceptors (Lipinski definition) is 2. The molecule has 2 heterocycles. The lowest BCUT2D eigenvalue weighted by molar-refractivity contribution is 0.0788. The summed E-state index contributed by atoms with van der Waals surface area (Å²) in [7, 11) is 0. The van der Waals surface area contributed by atoms with Gasteiger partial charge in [-0.15, -0.1) is 11.6 Å². The fourth-order valence-electron chi connectivity index (χ4n) is 1.81. The molecule has 1 aromatic heterocycles. The van der Waals surface area contributed by atoms with Crippen LogP contribution in [0.25, 0.3) is 0 Å². The number of alkyl halides is 1. The molecule has 15 heavy (non-hydrogen) atoms. The van der Waals surface area contributed by atoms with Crippen molar-refractivity contribution in [2.24, 2.45) is 5.92 Å². The highest BCUT2D eigenvalue weighted by Crippen LogP contribution is 2.19. The molecule has 1 saturated heterocycles. The lowest BCUT2D eigenvalue weighted by atomic mass is 10.2. The highest BCUT2D eigenvalue weighted by molar-refractivity contribution is 6.18. The first-order valence-electron chi connectivity index (χ1n) is 5.06. The van der Waals surface area contributed by atoms with E-state index in [4.69, 9.17) is 11.6 Å². The molecule has 0 saturated carbocycles. The van der Waals surface area contributed by atoms with Gasteiger partial charge >= 0.3 is 0 Å². The van der Waals surface area contributed by atoms with Crippen LogP contribution in [0.3, 0.4) is 0 Å². The Morgan fingerprint density at radius 2 is 2.53 bits per heavy atom. The van der Waals surface area contributed by atoms with Crippen LogP contribution in [0.1, 0.15) is 16.8 Å². The number of nitrogens with zero attached hydrogens (tertiary/aromatic N) is 2. The smallest absolute Gasteiger partial charge is 0.255 e. The van der Waals surface area contributed by atoms with Crippen LogP contribution in [0.5, 0.6) is 0 Å². The van der Waals surface area contributed by atoms with Gasteiger partial charge in [-0.25, -0.2) is 0 Å². The number of halogens is 1. The second-order valence-electron chi connectivity index (χ2n) is 3.80. The summed E-state index contributed by atoms with van der Waals surface area (Å²) in [5.74, 6) is 1.15. The van der Waals surface area contributed by atoms with Gasteiger partial charge in [0, 0.05) is 31.4 Å². The van der Waals surface area contributed by atoms with Crippen molar-refractivity contribution in [1.29, 1.82) is 0 Å². The molecule has 1 fully saturated rings. The molecule has 1 amide bonds. The van der Waals surface area contributed by atoms with Crippen LogP contribution >= 0.6 is 11.6 Å². The van der Waals surface area contributed by atoms with Crippen molar-refractivity contribution in [3.8, 4) is 0 Å². The highest BCUT2D eigenvalue weighted by atomic mass is 35.5. The number of likely N-dealkylation sites (tertiary alicyclic amines) is 1. The SMILES string of the molecule is O=C(c1cccnc1)N1CCC(CCl)C1. The second kappa shape index (κ2) is 4.62. The molecule has 1 aliphatic rings. The summed E-state index contributed by atoms with van der Waals surface area (Å²) < 4.78 is 0. The maximum atomic E-state index is 12.0. The number of rotatable bonds is 2. The van der Waals surface area contributed by atoms with Crippen molar-refractivity contribution in [2.75, 3.05) is 19.0 Å². The molecule has 0 N–H and O–H groups in total. The van der Waals surface area contributed by atoms with Crippen LogP contribution in [0.4, 0.5) is 0 Å². The zero-order valence-electron chi connectivity index (χ0n) is 8.40. The Bertz CT molecular complexity index is 342.